The first-order valence-corrected chi connectivity index (χ1v) is 8.63. The minimum Gasteiger partial charge on any atom is -0.482 e. The van der Waals surface area contributed by atoms with Crippen molar-refractivity contribution < 1.29 is 14.3 Å². The number of carbonyl (C=O) groups excluding carboxylic acids is 1. The molecule has 0 atom stereocenters. The molecule has 0 saturated heterocycles. The Bertz CT molecular complexity index is 398. The standard InChI is InChI=1S/C19H30O3/c1-3-5-6-7-8-9-10-11-17-12-14-18(15-13-17)22-16-19(20)21-4-2/h12-15H,3-11,16H2,1-2H3. The van der Waals surface area contributed by atoms with Crippen LogP contribution in [0, 0.1) is 0 Å². The molecule has 0 aliphatic carbocycles. The third-order valence-corrected chi connectivity index (χ3v) is 3.65. The summed E-state index contributed by atoms with van der Waals surface area (Å²) in [6.45, 7) is 4.40. The van der Waals surface area contributed by atoms with Gasteiger partial charge in [-0.2, -0.15) is 0 Å². The van der Waals surface area contributed by atoms with Gasteiger partial charge in [-0.15, -0.1) is 0 Å². The molecule has 0 aliphatic heterocycles. The highest BCUT2D eigenvalue weighted by molar-refractivity contribution is 5.71. The highest BCUT2D eigenvalue weighted by Gasteiger charge is 2.03. The van der Waals surface area contributed by atoms with Gasteiger partial charge in [0.1, 0.15) is 5.75 Å². The molecule has 0 radical (unpaired) electrons. The van der Waals surface area contributed by atoms with Crippen LogP contribution in [0.4, 0.5) is 0 Å². The van der Waals surface area contributed by atoms with E-state index >= 15 is 0 Å². The fraction of sp³-hybridized carbons (Fsp3) is 0.632. The Morgan fingerprint density at radius 1 is 0.909 bits per heavy atom. The normalized spacial score (nSPS) is 10.5. The summed E-state index contributed by atoms with van der Waals surface area (Å²) in [5.41, 5.74) is 1.33. The number of aryl methyl sites for hydroxylation is 1. The summed E-state index contributed by atoms with van der Waals surface area (Å²) >= 11 is 0. The lowest BCUT2D eigenvalue weighted by Gasteiger charge is -2.07. The van der Waals surface area contributed by atoms with Gasteiger partial charge in [0.15, 0.2) is 6.61 Å². The Morgan fingerprint density at radius 2 is 1.55 bits per heavy atom. The fourth-order valence-electron chi connectivity index (χ4n) is 2.38. The van der Waals surface area contributed by atoms with Crippen LogP contribution in [-0.2, 0) is 16.0 Å². The molecule has 0 amide bonds. The van der Waals surface area contributed by atoms with E-state index in [1.807, 2.05) is 12.1 Å². The van der Waals surface area contributed by atoms with E-state index in [-0.39, 0.29) is 12.6 Å². The average Bonchev–Trinajstić information content (AvgIpc) is 2.53. The van der Waals surface area contributed by atoms with E-state index in [0.717, 1.165) is 12.2 Å². The van der Waals surface area contributed by atoms with Gasteiger partial charge in [-0.25, -0.2) is 4.79 Å². The Balaban J connectivity index is 2.15. The van der Waals surface area contributed by atoms with Crippen LogP contribution in [0.2, 0.25) is 0 Å². The second-order valence-corrected chi connectivity index (χ2v) is 5.61. The molecule has 0 spiro atoms. The third-order valence-electron chi connectivity index (χ3n) is 3.65. The summed E-state index contributed by atoms with van der Waals surface area (Å²) < 4.78 is 10.2. The summed E-state index contributed by atoms with van der Waals surface area (Å²) in [6, 6.07) is 8.01. The Morgan fingerprint density at radius 3 is 2.18 bits per heavy atom. The molecule has 0 bridgehead atoms. The molecule has 0 fully saturated rings. The summed E-state index contributed by atoms with van der Waals surface area (Å²) in [5, 5.41) is 0. The van der Waals surface area contributed by atoms with Crippen LogP contribution in [-0.4, -0.2) is 19.2 Å². The molecule has 1 aromatic rings. The Kier molecular flexibility index (Phi) is 10.2. The molecule has 3 heteroatoms. The molecule has 3 nitrogen and oxygen atoms in total. The van der Waals surface area contributed by atoms with Crippen LogP contribution in [0.1, 0.15) is 64.4 Å². The van der Waals surface area contributed by atoms with E-state index in [1.54, 1.807) is 6.92 Å². The average molecular weight is 306 g/mol. The molecule has 0 saturated carbocycles. The van der Waals surface area contributed by atoms with Gasteiger partial charge >= 0.3 is 5.97 Å². The van der Waals surface area contributed by atoms with Gasteiger partial charge in [0, 0.05) is 0 Å². The van der Waals surface area contributed by atoms with E-state index in [0.29, 0.717) is 6.61 Å². The van der Waals surface area contributed by atoms with Crippen LogP contribution >= 0.6 is 0 Å². The zero-order valence-corrected chi connectivity index (χ0v) is 14.1. The van der Waals surface area contributed by atoms with E-state index in [2.05, 4.69) is 19.1 Å². The van der Waals surface area contributed by atoms with Crippen molar-refractivity contribution in [1.82, 2.24) is 0 Å². The highest BCUT2D eigenvalue weighted by Crippen LogP contribution is 2.15. The topological polar surface area (TPSA) is 35.5 Å². The number of rotatable bonds is 12. The highest BCUT2D eigenvalue weighted by atomic mass is 16.6. The fourth-order valence-corrected chi connectivity index (χ4v) is 2.38. The summed E-state index contributed by atoms with van der Waals surface area (Å²) in [6.07, 6.45) is 10.4. The molecule has 0 aliphatic rings. The first-order chi connectivity index (χ1) is 10.8. The van der Waals surface area contributed by atoms with Gasteiger partial charge in [-0.05, 0) is 37.5 Å². The number of unbranched alkanes of at least 4 members (excludes halogenated alkanes) is 6. The Hall–Kier alpha value is -1.51. The molecule has 0 aromatic heterocycles. The second-order valence-electron chi connectivity index (χ2n) is 5.61. The van der Waals surface area contributed by atoms with E-state index in [1.165, 1.54) is 50.5 Å². The van der Waals surface area contributed by atoms with Crippen molar-refractivity contribution in [3.63, 3.8) is 0 Å². The van der Waals surface area contributed by atoms with E-state index < -0.39 is 0 Å². The van der Waals surface area contributed by atoms with Gasteiger partial charge in [0.05, 0.1) is 6.61 Å². The first-order valence-electron chi connectivity index (χ1n) is 8.63. The molecule has 0 heterocycles. The molecular formula is C19H30O3. The molecule has 1 aromatic carbocycles. The van der Waals surface area contributed by atoms with Gasteiger partial charge in [0.2, 0.25) is 0 Å². The molecule has 124 valence electrons. The molecular weight excluding hydrogens is 276 g/mol. The number of benzene rings is 1. The van der Waals surface area contributed by atoms with Crippen molar-refractivity contribution in [2.75, 3.05) is 13.2 Å². The lowest BCUT2D eigenvalue weighted by atomic mass is 10.0. The molecule has 1 rings (SSSR count). The molecule has 22 heavy (non-hydrogen) atoms. The summed E-state index contributed by atoms with van der Waals surface area (Å²) in [7, 11) is 0. The maximum Gasteiger partial charge on any atom is 0.344 e. The number of hydrogen-bond acceptors (Lipinski definition) is 3. The molecule has 0 unspecified atom stereocenters. The predicted octanol–water partition coefficient (Wildman–Crippen LogP) is 4.92. The lowest BCUT2D eigenvalue weighted by Crippen LogP contribution is -2.14. The van der Waals surface area contributed by atoms with Gasteiger partial charge < -0.3 is 9.47 Å². The zero-order chi connectivity index (χ0) is 16.0. The summed E-state index contributed by atoms with van der Waals surface area (Å²) in [4.78, 5) is 11.2. The van der Waals surface area contributed by atoms with Crippen molar-refractivity contribution in [1.29, 1.82) is 0 Å². The minimum absolute atomic E-state index is 0.0229. The lowest BCUT2D eigenvalue weighted by molar-refractivity contribution is -0.145. The number of hydrogen-bond donors (Lipinski definition) is 0. The quantitative estimate of drug-likeness (QED) is 0.406. The van der Waals surface area contributed by atoms with Crippen LogP contribution in [0.15, 0.2) is 24.3 Å². The zero-order valence-electron chi connectivity index (χ0n) is 14.1. The maximum absolute atomic E-state index is 11.2. The monoisotopic (exact) mass is 306 g/mol. The van der Waals surface area contributed by atoms with Crippen molar-refractivity contribution in [3.05, 3.63) is 29.8 Å². The number of ether oxygens (including phenoxy) is 2. The van der Waals surface area contributed by atoms with Crippen molar-refractivity contribution >= 4 is 5.97 Å². The SMILES string of the molecule is CCCCCCCCCc1ccc(OCC(=O)OCC)cc1. The van der Waals surface area contributed by atoms with Crippen LogP contribution in [0.3, 0.4) is 0 Å². The maximum atomic E-state index is 11.2. The largest absolute Gasteiger partial charge is 0.482 e. The van der Waals surface area contributed by atoms with Gasteiger partial charge in [-0.1, -0.05) is 57.6 Å². The minimum atomic E-state index is -0.324. The predicted molar refractivity (Wildman–Crippen MR) is 90.3 cm³/mol. The van der Waals surface area contributed by atoms with E-state index in [4.69, 9.17) is 9.47 Å². The first kappa shape index (κ1) is 18.5. The van der Waals surface area contributed by atoms with E-state index in [9.17, 15) is 4.79 Å². The van der Waals surface area contributed by atoms with Crippen molar-refractivity contribution in [2.45, 2.75) is 65.2 Å². The number of esters is 1. The smallest absolute Gasteiger partial charge is 0.344 e. The van der Waals surface area contributed by atoms with Crippen molar-refractivity contribution in [3.8, 4) is 5.75 Å². The number of carbonyl (C=O) groups is 1. The van der Waals surface area contributed by atoms with Crippen LogP contribution in [0.5, 0.6) is 5.75 Å². The summed E-state index contributed by atoms with van der Waals surface area (Å²) in [5.74, 6) is 0.394. The van der Waals surface area contributed by atoms with Crippen molar-refractivity contribution in [2.24, 2.45) is 0 Å². The van der Waals surface area contributed by atoms with Gasteiger partial charge in [-0.3, -0.25) is 0 Å². The second kappa shape index (κ2) is 12.1. The van der Waals surface area contributed by atoms with Crippen LogP contribution < -0.4 is 4.74 Å². The third kappa shape index (κ3) is 8.71. The Labute approximate surface area is 135 Å². The molecule has 0 N–H and O–H groups in total. The van der Waals surface area contributed by atoms with Crippen LogP contribution in [0.25, 0.3) is 0 Å². The van der Waals surface area contributed by atoms with Gasteiger partial charge in [0.25, 0.3) is 0 Å².